The third-order valence-corrected chi connectivity index (χ3v) is 5.31. The van der Waals surface area contributed by atoms with Crippen LogP contribution in [0.1, 0.15) is 45.0 Å². The lowest BCUT2D eigenvalue weighted by atomic mass is 9.79. The fourth-order valence-electron chi connectivity index (χ4n) is 3.82. The Balaban J connectivity index is 1.71. The van der Waals surface area contributed by atoms with Crippen molar-refractivity contribution in [3.05, 3.63) is 23.8 Å². The summed E-state index contributed by atoms with van der Waals surface area (Å²) in [6.07, 6.45) is 5.53. The van der Waals surface area contributed by atoms with Crippen LogP contribution < -0.4 is 5.32 Å². The first-order valence-electron chi connectivity index (χ1n) is 8.97. The number of imide groups is 1. The number of hydrogen-bond donors (Lipinski definition) is 1. The summed E-state index contributed by atoms with van der Waals surface area (Å²) in [6.45, 7) is 9.98. The van der Waals surface area contributed by atoms with Gasteiger partial charge < -0.3 is 5.32 Å². The highest BCUT2D eigenvalue weighted by Crippen LogP contribution is 2.33. The van der Waals surface area contributed by atoms with Gasteiger partial charge in [0.05, 0.1) is 11.4 Å². The van der Waals surface area contributed by atoms with Crippen LogP contribution in [0.5, 0.6) is 0 Å². The molecule has 0 unspecified atom stereocenters. The number of carbonyl (C=O) groups excluding carboxylic acids is 2. The van der Waals surface area contributed by atoms with Gasteiger partial charge in [-0.15, -0.1) is 0 Å². The number of carbonyl (C=O) groups is 2. The first kappa shape index (κ1) is 17.8. The molecule has 1 aromatic heterocycles. The van der Waals surface area contributed by atoms with E-state index >= 15 is 0 Å². The Kier molecular flexibility index (Phi) is 4.77. The summed E-state index contributed by atoms with van der Waals surface area (Å²) in [5.41, 5.74) is 1.02. The van der Waals surface area contributed by atoms with Crippen LogP contribution in [0.15, 0.2) is 12.4 Å². The summed E-state index contributed by atoms with van der Waals surface area (Å²) in [6, 6.07) is -0.402. The number of hydrogen-bond acceptors (Lipinski definition) is 5. The molecule has 2 aliphatic heterocycles. The van der Waals surface area contributed by atoms with Crippen molar-refractivity contribution in [2.24, 2.45) is 5.92 Å². The minimum atomic E-state index is -0.820. The van der Waals surface area contributed by atoms with E-state index in [0.29, 0.717) is 0 Å². The molecule has 2 saturated heterocycles. The molecule has 2 atom stereocenters. The Hall–Kier alpha value is -2.02. The maximum atomic E-state index is 12.9. The molecule has 0 saturated carbocycles. The molecule has 1 N–H and O–H groups in total. The van der Waals surface area contributed by atoms with Crippen LogP contribution in [-0.2, 0) is 11.3 Å². The summed E-state index contributed by atoms with van der Waals surface area (Å²) in [5, 5.41) is 2.96. The van der Waals surface area contributed by atoms with E-state index in [9.17, 15) is 9.59 Å². The van der Waals surface area contributed by atoms with Gasteiger partial charge in [0.25, 0.3) is 5.91 Å². The maximum absolute atomic E-state index is 12.9. The van der Waals surface area contributed by atoms with Crippen molar-refractivity contribution < 1.29 is 9.59 Å². The Morgan fingerprint density at radius 2 is 2.08 bits per heavy atom. The molecular weight excluding hydrogens is 318 g/mol. The summed E-state index contributed by atoms with van der Waals surface area (Å²) in [5.74, 6) is -0.00525. The van der Waals surface area contributed by atoms with Crippen LogP contribution in [0.3, 0.4) is 0 Å². The smallest absolute Gasteiger partial charge is 0.323 e. The Morgan fingerprint density at radius 1 is 1.32 bits per heavy atom. The Morgan fingerprint density at radius 3 is 2.68 bits per heavy atom. The fourth-order valence-corrected chi connectivity index (χ4v) is 3.82. The van der Waals surface area contributed by atoms with Crippen molar-refractivity contribution in [3.8, 4) is 0 Å². The fraction of sp³-hybridized carbons (Fsp3) is 0.667. The molecule has 25 heavy (non-hydrogen) atoms. The molecule has 2 fully saturated rings. The molecule has 2 aliphatic rings. The molecule has 0 bridgehead atoms. The molecule has 1 aromatic rings. The normalized spacial score (nSPS) is 27.9. The molecule has 3 heterocycles. The average molecular weight is 345 g/mol. The number of amides is 3. The van der Waals surface area contributed by atoms with Gasteiger partial charge >= 0.3 is 6.03 Å². The van der Waals surface area contributed by atoms with E-state index in [1.54, 1.807) is 6.20 Å². The number of rotatable bonds is 4. The average Bonchev–Trinajstić information content (AvgIpc) is 2.80. The predicted molar refractivity (Wildman–Crippen MR) is 93.7 cm³/mol. The monoisotopic (exact) mass is 345 g/mol. The molecule has 0 aromatic carbocycles. The van der Waals surface area contributed by atoms with E-state index in [-0.39, 0.29) is 23.9 Å². The topological polar surface area (TPSA) is 78.4 Å². The van der Waals surface area contributed by atoms with Crippen LogP contribution in [0, 0.1) is 12.8 Å². The van der Waals surface area contributed by atoms with Gasteiger partial charge in [0, 0.05) is 37.4 Å². The summed E-state index contributed by atoms with van der Waals surface area (Å²) < 4.78 is 0. The predicted octanol–water partition coefficient (Wildman–Crippen LogP) is 1.72. The zero-order valence-corrected chi connectivity index (χ0v) is 15.5. The number of nitrogens with zero attached hydrogens (tertiary/aromatic N) is 4. The lowest BCUT2D eigenvalue weighted by Gasteiger charge is -2.39. The van der Waals surface area contributed by atoms with Crippen molar-refractivity contribution in [1.29, 1.82) is 0 Å². The molecule has 7 heteroatoms. The molecule has 3 amide bonds. The van der Waals surface area contributed by atoms with Gasteiger partial charge in [0.1, 0.15) is 5.54 Å². The highest BCUT2D eigenvalue weighted by molar-refractivity contribution is 6.07. The van der Waals surface area contributed by atoms with E-state index in [4.69, 9.17) is 0 Å². The van der Waals surface area contributed by atoms with Crippen LogP contribution in [0.2, 0.25) is 0 Å². The zero-order valence-electron chi connectivity index (χ0n) is 15.5. The quantitative estimate of drug-likeness (QED) is 0.841. The summed E-state index contributed by atoms with van der Waals surface area (Å²) >= 11 is 0. The number of piperidine rings is 1. The van der Waals surface area contributed by atoms with Crippen molar-refractivity contribution in [2.75, 3.05) is 13.1 Å². The van der Waals surface area contributed by atoms with E-state index in [1.165, 1.54) is 4.90 Å². The first-order chi connectivity index (χ1) is 11.8. The van der Waals surface area contributed by atoms with E-state index in [0.717, 1.165) is 43.9 Å². The highest BCUT2D eigenvalue weighted by atomic mass is 16.2. The highest BCUT2D eigenvalue weighted by Gasteiger charge is 2.53. The largest absolute Gasteiger partial charge is 0.325 e. The number of likely N-dealkylation sites (tertiary alicyclic amines) is 1. The van der Waals surface area contributed by atoms with Crippen LogP contribution in [-0.4, -0.2) is 56.4 Å². The molecule has 0 radical (unpaired) electrons. The lowest BCUT2D eigenvalue weighted by molar-refractivity contribution is -0.134. The van der Waals surface area contributed by atoms with Gasteiger partial charge in [0.15, 0.2) is 0 Å². The second-order valence-electron chi connectivity index (χ2n) is 7.62. The summed E-state index contributed by atoms with van der Waals surface area (Å²) in [4.78, 5) is 37.5. The van der Waals surface area contributed by atoms with Crippen LogP contribution in [0.25, 0.3) is 0 Å². The van der Waals surface area contributed by atoms with Crippen molar-refractivity contribution in [3.63, 3.8) is 0 Å². The van der Waals surface area contributed by atoms with E-state index in [1.807, 2.05) is 33.9 Å². The van der Waals surface area contributed by atoms with Crippen LogP contribution >= 0.6 is 0 Å². The number of aryl methyl sites for hydroxylation is 1. The summed E-state index contributed by atoms with van der Waals surface area (Å²) in [7, 11) is 0. The Bertz CT molecular complexity index is 660. The van der Waals surface area contributed by atoms with Gasteiger partial charge in [-0.05, 0) is 47.1 Å². The number of aromatic nitrogens is 2. The maximum Gasteiger partial charge on any atom is 0.325 e. The molecule has 7 nitrogen and oxygen atoms in total. The second kappa shape index (κ2) is 6.71. The van der Waals surface area contributed by atoms with Crippen molar-refractivity contribution in [2.45, 2.75) is 58.7 Å². The standard InChI is InChI=1S/C18H27N5O2/c1-12(2)23-16(24)18(4,21-17(23)25)14-6-5-7-22(10-14)11-15-9-19-13(3)8-20-15/h8-9,12,14H,5-7,10-11H2,1-4H3,(H,21,25)/t14-,18-/m0/s1. The first-order valence-corrected chi connectivity index (χ1v) is 8.97. The third-order valence-electron chi connectivity index (χ3n) is 5.31. The molecule has 3 rings (SSSR count). The minimum absolute atomic E-state index is 0.0971. The molecule has 0 spiro atoms. The van der Waals surface area contributed by atoms with Crippen LogP contribution in [0.4, 0.5) is 4.79 Å². The third kappa shape index (κ3) is 3.38. The van der Waals surface area contributed by atoms with Gasteiger partial charge in [-0.2, -0.15) is 0 Å². The van der Waals surface area contributed by atoms with Crippen molar-refractivity contribution >= 4 is 11.9 Å². The van der Waals surface area contributed by atoms with E-state index < -0.39 is 5.54 Å². The zero-order chi connectivity index (χ0) is 18.2. The number of urea groups is 1. The lowest BCUT2D eigenvalue weighted by Crippen LogP contribution is -2.56. The molecule has 0 aliphatic carbocycles. The Labute approximate surface area is 148 Å². The second-order valence-corrected chi connectivity index (χ2v) is 7.62. The SMILES string of the molecule is Cc1cnc(CN2CCC[C@H]([C@]3(C)NC(=O)N(C(C)C)C3=O)C2)cn1. The minimum Gasteiger partial charge on any atom is -0.323 e. The van der Waals surface area contributed by atoms with Gasteiger partial charge in [-0.3, -0.25) is 24.6 Å². The van der Waals surface area contributed by atoms with Gasteiger partial charge in [-0.25, -0.2) is 4.79 Å². The van der Waals surface area contributed by atoms with Gasteiger partial charge in [-0.1, -0.05) is 0 Å². The van der Waals surface area contributed by atoms with Gasteiger partial charge in [0.2, 0.25) is 0 Å². The van der Waals surface area contributed by atoms with Crippen molar-refractivity contribution in [1.82, 2.24) is 25.1 Å². The number of nitrogens with one attached hydrogen (secondary N) is 1. The molecule has 136 valence electrons. The van der Waals surface area contributed by atoms with E-state index in [2.05, 4.69) is 20.2 Å². The molecular formula is C18H27N5O2.